The molecule has 1 unspecified atom stereocenters. The van der Waals surface area contributed by atoms with Gasteiger partial charge in [-0.25, -0.2) is 0 Å². The summed E-state index contributed by atoms with van der Waals surface area (Å²) in [7, 11) is 0. The molecule has 3 nitrogen and oxygen atoms in total. The second-order valence-corrected chi connectivity index (χ2v) is 5.24. The molecule has 21 heavy (non-hydrogen) atoms. The summed E-state index contributed by atoms with van der Waals surface area (Å²) in [6, 6.07) is 1.96. The van der Waals surface area contributed by atoms with Crippen molar-refractivity contribution < 1.29 is 13.2 Å². The maximum absolute atomic E-state index is 12.3. The van der Waals surface area contributed by atoms with E-state index < -0.39 is 12.6 Å². The van der Waals surface area contributed by atoms with Crippen molar-refractivity contribution in [1.82, 2.24) is 15.1 Å². The van der Waals surface area contributed by atoms with Crippen LogP contribution >= 0.6 is 0 Å². The van der Waals surface area contributed by atoms with Crippen LogP contribution in [0, 0.1) is 0 Å². The van der Waals surface area contributed by atoms with E-state index in [0.29, 0.717) is 6.42 Å². The summed E-state index contributed by atoms with van der Waals surface area (Å²) in [5, 5.41) is 7.84. The SMILES string of the molecule is CCCNC(CCCC(F)(F)F)c1cc(CC)nn1CC. The first-order chi connectivity index (χ1) is 9.91. The van der Waals surface area contributed by atoms with Crippen molar-refractivity contribution in [3.8, 4) is 0 Å². The fraction of sp³-hybridized carbons (Fsp3) is 0.800. The normalized spacial score (nSPS) is 13.6. The third-order valence-electron chi connectivity index (χ3n) is 3.47. The second kappa shape index (κ2) is 8.41. The number of rotatable bonds is 9. The lowest BCUT2D eigenvalue weighted by molar-refractivity contribution is -0.135. The van der Waals surface area contributed by atoms with Crippen LogP contribution in [-0.2, 0) is 13.0 Å². The van der Waals surface area contributed by atoms with Gasteiger partial charge in [0.25, 0.3) is 0 Å². The Kier molecular flexibility index (Phi) is 7.22. The largest absolute Gasteiger partial charge is 0.389 e. The van der Waals surface area contributed by atoms with E-state index in [0.717, 1.165) is 37.3 Å². The summed E-state index contributed by atoms with van der Waals surface area (Å²) >= 11 is 0. The van der Waals surface area contributed by atoms with Crippen LogP contribution < -0.4 is 5.32 Å². The molecule has 0 fully saturated rings. The van der Waals surface area contributed by atoms with Gasteiger partial charge in [-0.05, 0) is 45.2 Å². The van der Waals surface area contributed by atoms with Gasteiger partial charge in [0, 0.05) is 19.0 Å². The van der Waals surface area contributed by atoms with Gasteiger partial charge in [-0.2, -0.15) is 18.3 Å². The second-order valence-electron chi connectivity index (χ2n) is 5.24. The Bertz CT molecular complexity index is 413. The first-order valence-corrected chi connectivity index (χ1v) is 7.78. The van der Waals surface area contributed by atoms with Gasteiger partial charge in [-0.15, -0.1) is 0 Å². The maximum atomic E-state index is 12.3. The van der Waals surface area contributed by atoms with Crippen LogP contribution in [-0.4, -0.2) is 22.5 Å². The molecule has 0 aliphatic heterocycles. The first kappa shape index (κ1) is 18.0. The number of hydrogen-bond acceptors (Lipinski definition) is 2. The van der Waals surface area contributed by atoms with Gasteiger partial charge in [0.2, 0.25) is 0 Å². The highest BCUT2D eigenvalue weighted by Gasteiger charge is 2.27. The van der Waals surface area contributed by atoms with Gasteiger partial charge < -0.3 is 5.32 Å². The number of nitrogens with one attached hydrogen (secondary N) is 1. The third kappa shape index (κ3) is 6.08. The standard InChI is InChI=1S/C15H26F3N3/c1-4-10-19-13(8-7-9-15(16,17)18)14-11-12(5-2)20-21(14)6-3/h11,13,19H,4-10H2,1-3H3. The average Bonchev–Trinajstić information content (AvgIpc) is 2.84. The van der Waals surface area contributed by atoms with Crippen LogP contribution in [0.25, 0.3) is 0 Å². The minimum absolute atomic E-state index is 0.0555. The van der Waals surface area contributed by atoms with E-state index in [4.69, 9.17) is 0 Å². The van der Waals surface area contributed by atoms with Crippen molar-refractivity contribution in [2.24, 2.45) is 0 Å². The lowest BCUT2D eigenvalue weighted by atomic mass is 10.0. The molecule has 1 rings (SSSR count). The highest BCUT2D eigenvalue weighted by atomic mass is 19.4. The Labute approximate surface area is 124 Å². The Balaban J connectivity index is 2.78. The van der Waals surface area contributed by atoms with E-state index in [1.165, 1.54) is 0 Å². The molecule has 1 N–H and O–H groups in total. The quantitative estimate of drug-likeness (QED) is 0.739. The zero-order valence-electron chi connectivity index (χ0n) is 13.1. The molecule has 0 spiro atoms. The molecule has 0 radical (unpaired) electrons. The van der Waals surface area contributed by atoms with Gasteiger partial charge in [0.05, 0.1) is 11.4 Å². The molecule has 122 valence electrons. The van der Waals surface area contributed by atoms with Crippen LogP contribution in [0.1, 0.15) is 63.9 Å². The molecule has 0 aromatic carbocycles. The summed E-state index contributed by atoms with van der Waals surface area (Å²) in [6.45, 7) is 7.62. The summed E-state index contributed by atoms with van der Waals surface area (Å²) in [4.78, 5) is 0. The zero-order valence-corrected chi connectivity index (χ0v) is 13.1. The number of alkyl halides is 3. The van der Waals surface area contributed by atoms with E-state index in [2.05, 4.69) is 10.4 Å². The monoisotopic (exact) mass is 305 g/mol. The average molecular weight is 305 g/mol. The summed E-state index contributed by atoms with van der Waals surface area (Å²) in [5.41, 5.74) is 2.00. The van der Waals surface area contributed by atoms with Crippen molar-refractivity contribution in [2.45, 2.75) is 71.6 Å². The molecule has 1 heterocycles. The molecule has 0 aliphatic carbocycles. The Morgan fingerprint density at radius 2 is 2.00 bits per heavy atom. The highest BCUT2D eigenvalue weighted by molar-refractivity contribution is 5.14. The molecule has 6 heteroatoms. The third-order valence-corrected chi connectivity index (χ3v) is 3.47. The zero-order chi connectivity index (χ0) is 15.9. The van der Waals surface area contributed by atoms with E-state index in [1.807, 2.05) is 31.5 Å². The topological polar surface area (TPSA) is 29.9 Å². The van der Waals surface area contributed by atoms with Crippen LogP contribution in [0.4, 0.5) is 13.2 Å². The van der Waals surface area contributed by atoms with Gasteiger partial charge >= 0.3 is 6.18 Å². The first-order valence-electron chi connectivity index (χ1n) is 7.78. The van der Waals surface area contributed by atoms with E-state index in [9.17, 15) is 13.2 Å². The Morgan fingerprint density at radius 3 is 2.52 bits per heavy atom. The lowest BCUT2D eigenvalue weighted by Crippen LogP contribution is -2.25. The molecule has 0 saturated heterocycles. The van der Waals surface area contributed by atoms with Crippen molar-refractivity contribution in [2.75, 3.05) is 6.54 Å². The van der Waals surface area contributed by atoms with Crippen molar-refractivity contribution in [1.29, 1.82) is 0 Å². The molecule has 0 amide bonds. The Morgan fingerprint density at radius 1 is 1.29 bits per heavy atom. The fourth-order valence-electron chi connectivity index (χ4n) is 2.37. The molecular formula is C15H26F3N3. The summed E-state index contributed by atoms with van der Waals surface area (Å²) < 4.78 is 38.9. The van der Waals surface area contributed by atoms with E-state index in [-0.39, 0.29) is 12.5 Å². The number of aryl methyl sites for hydroxylation is 2. The number of halogens is 3. The predicted octanol–water partition coefficient (Wildman–Crippen LogP) is 4.24. The highest BCUT2D eigenvalue weighted by Crippen LogP contribution is 2.27. The van der Waals surface area contributed by atoms with Crippen LogP contribution in [0.2, 0.25) is 0 Å². The van der Waals surface area contributed by atoms with E-state index in [1.54, 1.807) is 0 Å². The molecule has 1 aromatic heterocycles. The molecule has 0 aliphatic rings. The molecule has 0 bridgehead atoms. The van der Waals surface area contributed by atoms with Gasteiger partial charge in [-0.3, -0.25) is 4.68 Å². The van der Waals surface area contributed by atoms with Crippen molar-refractivity contribution in [3.63, 3.8) is 0 Å². The maximum Gasteiger partial charge on any atom is 0.389 e. The van der Waals surface area contributed by atoms with Crippen LogP contribution in [0.3, 0.4) is 0 Å². The lowest BCUT2D eigenvalue weighted by Gasteiger charge is -2.20. The van der Waals surface area contributed by atoms with Crippen molar-refractivity contribution in [3.05, 3.63) is 17.5 Å². The summed E-state index contributed by atoms with van der Waals surface area (Å²) in [5.74, 6) is 0. The minimum Gasteiger partial charge on any atom is -0.309 e. The van der Waals surface area contributed by atoms with Crippen LogP contribution in [0.5, 0.6) is 0 Å². The molecule has 1 aromatic rings. The number of hydrogen-bond donors (Lipinski definition) is 1. The predicted molar refractivity (Wildman–Crippen MR) is 78.2 cm³/mol. The van der Waals surface area contributed by atoms with Gasteiger partial charge in [0.15, 0.2) is 0 Å². The van der Waals surface area contributed by atoms with Crippen LogP contribution in [0.15, 0.2) is 6.07 Å². The molecule has 1 atom stereocenters. The van der Waals surface area contributed by atoms with Crippen molar-refractivity contribution >= 4 is 0 Å². The molecule has 0 saturated carbocycles. The Hall–Kier alpha value is -1.04. The van der Waals surface area contributed by atoms with E-state index >= 15 is 0 Å². The smallest absolute Gasteiger partial charge is 0.309 e. The minimum atomic E-state index is -4.07. The number of nitrogens with zero attached hydrogens (tertiary/aromatic N) is 2. The fourth-order valence-corrected chi connectivity index (χ4v) is 2.37. The van der Waals surface area contributed by atoms with Gasteiger partial charge in [0.1, 0.15) is 0 Å². The number of aromatic nitrogens is 2. The van der Waals surface area contributed by atoms with Gasteiger partial charge in [-0.1, -0.05) is 13.8 Å². The molecular weight excluding hydrogens is 279 g/mol. The summed E-state index contributed by atoms with van der Waals surface area (Å²) in [6.07, 6.45) is -2.39.